The van der Waals surface area contributed by atoms with Gasteiger partial charge in [0, 0.05) is 20.6 Å². The SMILES string of the molecule is CC(C)N(CC1CC1)C(=O)c1cc(I)ccc1Br. The Morgan fingerprint density at radius 2 is 2.17 bits per heavy atom. The summed E-state index contributed by atoms with van der Waals surface area (Å²) in [6.07, 6.45) is 2.54. The van der Waals surface area contributed by atoms with Crippen LogP contribution in [-0.4, -0.2) is 23.4 Å². The van der Waals surface area contributed by atoms with Gasteiger partial charge in [0.15, 0.2) is 0 Å². The van der Waals surface area contributed by atoms with Crippen LogP contribution in [0.2, 0.25) is 0 Å². The van der Waals surface area contributed by atoms with Crippen molar-refractivity contribution in [1.29, 1.82) is 0 Å². The van der Waals surface area contributed by atoms with Crippen molar-refractivity contribution in [2.24, 2.45) is 5.92 Å². The molecule has 4 heteroatoms. The Morgan fingerprint density at radius 3 is 2.72 bits per heavy atom. The molecular weight excluding hydrogens is 405 g/mol. The molecule has 0 N–H and O–H groups in total. The van der Waals surface area contributed by atoms with Crippen LogP contribution in [0.1, 0.15) is 37.0 Å². The number of hydrogen-bond donors (Lipinski definition) is 0. The minimum atomic E-state index is 0.141. The first-order valence-corrected chi connectivity index (χ1v) is 8.12. The van der Waals surface area contributed by atoms with Gasteiger partial charge >= 0.3 is 0 Å². The fourth-order valence-corrected chi connectivity index (χ4v) is 2.83. The Hall–Kier alpha value is -0.100. The van der Waals surface area contributed by atoms with Crippen molar-refractivity contribution in [2.45, 2.75) is 32.7 Å². The lowest BCUT2D eigenvalue weighted by Crippen LogP contribution is -2.38. The Kier molecular flexibility index (Phi) is 4.69. The molecule has 1 aliphatic carbocycles. The van der Waals surface area contributed by atoms with Gasteiger partial charge in [-0.05, 0) is 89.3 Å². The molecule has 0 aliphatic heterocycles. The smallest absolute Gasteiger partial charge is 0.255 e. The molecule has 0 heterocycles. The van der Waals surface area contributed by atoms with E-state index in [1.54, 1.807) is 0 Å². The standard InChI is InChI=1S/C14H17BrINO/c1-9(2)17(8-10-3-4-10)14(18)12-7-11(16)5-6-13(12)15/h5-7,9-10H,3-4,8H2,1-2H3. The number of carbonyl (C=O) groups excluding carboxylic acids is 1. The Labute approximate surface area is 130 Å². The first kappa shape index (κ1) is 14.3. The lowest BCUT2D eigenvalue weighted by Gasteiger charge is -2.27. The van der Waals surface area contributed by atoms with E-state index >= 15 is 0 Å². The van der Waals surface area contributed by atoms with Gasteiger partial charge in [-0.2, -0.15) is 0 Å². The fraction of sp³-hybridized carbons (Fsp3) is 0.500. The number of amides is 1. The normalized spacial score (nSPS) is 14.9. The topological polar surface area (TPSA) is 20.3 Å². The van der Waals surface area contributed by atoms with Crippen molar-refractivity contribution in [3.63, 3.8) is 0 Å². The highest BCUT2D eigenvalue weighted by Gasteiger charge is 2.29. The van der Waals surface area contributed by atoms with E-state index in [0.717, 1.165) is 26.1 Å². The molecule has 1 amide bonds. The van der Waals surface area contributed by atoms with Crippen LogP contribution in [-0.2, 0) is 0 Å². The predicted molar refractivity (Wildman–Crippen MR) is 85.8 cm³/mol. The van der Waals surface area contributed by atoms with Crippen molar-refractivity contribution in [1.82, 2.24) is 4.90 Å². The molecule has 0 radical (unpaired) electrons. The minimum Gasteiger partial charge on any atom is -0.336 e. The molecular formula is C14H17BrINO. The fourth-order valence-electron chi connectivity index (χ4n) is 1.92. The number of carbonyl (C=O) groups is 1. The van der Waals surface area contributed by atoms with Gasteiger partial charge in [-0.25, -0.2) is 0 Å². The Morgan fingerprint density at radius 1 is 1.50 bits per heavy atom. The summed E-state index contributed by atoms with van der Waals surface area (Å²) >= 11 is 5.72. The Balaban J connectivity index is 2.23. The molecule has 0 spiro atoms. The van der Waals surface area contributed by atoms with Crippen LogP contribution in [0.4, 0.5) is 0 Å². The maximum Gasteiger partial charge on any atom is 0.255 e. The molecule has 0 bridgehead atoms. The van der Waals surface area contributed by atoms with E-state index < -0.39 is 0 Å². The van der Waals surface area contributed by atoms with Crippen molar-refractivity contribution in [2.75, 3.05) is 6.54 Å². The first-order chi connectivity index (χ1) is 8.49. The summed E-state index contributed by atoms with van der Waals surface area (Å²) in [6.45, 7) is 5.07. The summed E-state index contributed by atoms with van der Waals surface area (Å²) in [5.74, 6) is 0.861. The molecule has 1 aromatic carbocycles. The molecule has 18 heavy (non-hydrogen) atoms. The van der Waals surface area contributed by atoms with Crippen LogP contribution in [0.5, 0.6) is 0 Å². The van der Waals surface area contributed by atoms with Gasteiger partial charge in [0.25, 0.3) is 5.91 Å². The van der Waals surface area contributed by atoms with E-state index in [0.29, 0.717) is 0 Å². The summed E-state index contributed by atoms with van der Waals surface area (Å²) in [5, 5.41) is 0. The zero-order chi connectivity index (χ0) is 13.3. The van der Waals surface area contributed by atoms with Gasteiger partial charge in [-0.3, -0.25) is 4.79 Å². The maximum absolute atomic E-state index is 12.6. The third-order valence-corrected chi connectivity index (χ3v) is 4.56. The summed E-state index contributed by atoms with van der Waals surface area (Å²) in [4.78, 5) is 14.6. The lowest BCUT2D eigenvalue weighted by atomic mass is 10.1. The zero-order valence-corrected chi connectivity index (χ0v) is 14.4. The third kappa shape index (κ3) is 3.47. The number of benzene rings is 1. The summed E-state index contributed by atoms with van der Waals surface area (Å²) in [5.41, 5.74) is 0.774. The second-order valence-corrected chi connectivity index (χ2v) is 7.22. The minimum absolute atomic E-state index is 0.141. The van der Waals surface area contributed by atoms with Crippen molar-refractivity contribution in [3.05, 3.63) is 31.8 Å². The van der Waals surface area contributed by atoms with E-state index in [4.69, 9.17) is 0 Å². The van der Waals surface area contributed by atoms with E-state index in [2.05, 4.69) is 52.4 Å². The second-order valence-electron chi connectivity index (χ2n) is 5.12. The van der Waals surface area contributed by atoms with Crippen LogP contribution >= 0.6 is 38.5 Å². The second kappa shape index (κ2) is 5.90. The largest absolute Gasteiger partial charge is 0.336 e. The van der Waals surface area contributed by atoms with E-state index in [9.17, 15) is 4.79 Å². The van der Waals surface area contributed by atoms with Crippen molar-refractivity contribution < 1.29 is 4.79 Å². The summed E-state index contributed by atoms with van der Waals surface area (Å²) in [7, 11) is 0. The molecule has 2 rings (SSSR count). The van der Waals surface area contributed by atoms with Crippen LogP contribution in [0.15, 0.2) is 22.7 Å². The van der Waals surface area contributed by atoms with E-state index in [-0.39, 0.29) is 11.9 Å². The number of hydrogen-bond acceptors (Lipinski definition) is 1. The van der Waals surface area contributed by atoms with Crippen LogP contribution in [0.3, 0.4) is 0 Å². The van der Waals surface area contributed by atoms with Gasteiger partial charge < -0.3 is 4.90 Å². The molecule has 0 unspecified atom stereocenters. The van der Waals surface area contributed by atoms with Gasteiger partial charge in [0.2, 0.25) is 0 Å². The average Bonchev–Trinajstić information content (AvgIpc) is 3.12. The number of rotatable bonds is 4. The van der Waals surface area contributed by atoms with Crippen molar-refractivity contribution in [3.8, 4) is 0 Å². The maximum atomic E-state index is 12.6. The van der Waals surface area contributed by atoms with Crippen LogP contribution in [0, 0.1) is 9.49 Å². The molecule has 0 saturated heterocycles. The molecule has 2 nitrogen and oxygen atoms in total. The zero-order valence-electron chi connectivity index (χ0n) is 10.6. The highest BCUT2D eigenvalue weighted by atomic mass is 127. The van der Waals surface area contributed by atoms with E-state index in [1.807, 2.05) is 23.1 Å². The Bertz CT molecular complexity index is 457. The first-order valence-electron chi connectivity index (χ1n) is 6.25. The predicted octanol–water partition coefficient (Wildman–Crippen LogP) is 4.31. The average molecular weight is 422 g/mol. The van der Waals surface area contributed by atoms with Gasteiger partial charge in [0.05, 0.1) is 5.56 Å². The van der Waals surface area contributed by atoms with Crippen LogP contribution in [0.25, 0.3) is 0 Å². The molecule has 0 atom stereocenters. The molecule has 1 aromatic rings. The summed E-state index contributed by atoms with van der Waals surface area (Å²) < 4.78 is 1.98. The lowest BCUT2D eigenvalue weighted by molar-refractivity contribution is 0.0695. The van der Waals surface area contributed by atoms with Gasteiger partial charge in [-0.15, -0.1) is 0 Å². The number of halogens is 2. The van der Waals surface area contributed by atoms with Gasteiger partial charge in [0.1, 0.15) is 0 Å². The highest BCUT2D eigenvalue weighted by molar-refractivity contribution is 14.1. The summed E-state index contributed by atoms with van der Waals surface area (Å²) in [6, 6.07) is 6.16. The van der Waals surface area contributed by atoms with Crippen molar-refractivity contribution >= 4 is 44.4 Å². The third-order valence-electron chi connectivity index (χ3n) is 3.19. The highest BCUT2D eigenvalue weighted by Crippen LogP contribution is 2.31. The van der Waals surface area contributed by atoms with Crippen LogP contribution < -0.4 is 0 Å². The molecule has 0 aromatic heterocycles. The van der Waals surface area contributed by atoms with E-state index in [1.165, 1.54) is 12.8 Å². The molecule has 1 fully saturated rings. The molecule has 1 saturated carbocycles. The number of nitrogens with zero attached hydrogens (tertiary/aromatic N) is 1. The molecule has 1 aliphatic rings. The molecule has 98 valence electrons. The van der Waals surface area contributed by atoms with Gasteiger partial charge in [-0.1, -0.05) is 0 Å². The quantitative estimate of drug-likeness (QED) is 0.663. The monoisotopic (exact) mass is 421 g/mol.